The van der Waals surface area contributed by atoms with Crippen LogP contribution in [0.1, 0.15) is 15.9 Å². The number of anilines is 2. The Labute approximate surface area is 156 Å². The van der Waals surface area contributed by atoms with Crippen LogP contribution in [-0.4, -0.2) is 23.4 Å². The van der Waals surface area contributed by atoms with Gasteiger partial charge in [0.1, 0.15) is 5.75 Å². The van der Waals surface area contributed by atoms with Crippen molar-refractivity contribution in [1.82, 2.24) is 4.98 Å². The van der Waals surface area contributed by atoms with E-state index in [1.54, 1.807) is 41.4 Å². The highest BCUT2D eigenvalue weighted by atomic mass is 16.5. The van der Waals surface area contributed by atoms with Crippen molar-refractivity contribution < 1.29 is 14.3 Å². The fourth-order valence-electron chi connectivity index (χ4n) is 2.92. The second-order valence-corrected chi connectivity index (χ2v) is 6.13. The number of nitrogens with zero attached hydrogens (tertiary/aromatic N) is 2. The molecule has 0 saturated heterocycles. The average molecular weight is 359 g/mol. The quantitative estimate of drug-likeness (QED) is 0.776. The smallest absolute Gasteiger partial charge is 0.265 e. The number of ether oxygens (including phenoxy) is 1. The van der Waals surface area contributed by atoms with E-state index in [1.165, 1.54) is 6.20 Å². The minimum absolute atomic E-state index is 0.0279. The zero-order valence-electron chi connectivity index (χ0n) is 14.5. The molecule has 0 atom stereocenters. The van der Waals surface area contributed by atoms with E-state index in [4.69, 9.17) is 4.74 Å². The molecule has 27 heavy (non-hydrogen) atoms. The summed E-state index contributed by atoms with van der Waals surface area (Å²) >= 11 is 0. The number of carbonyl (C=O) groups is 2. The van der Waals surface area contributed by atoms with Crippen molar-refractivity contribution in [2.24, 2.45) is 0 Å². The molecular formula is C21H17N3O3. The molecule has 2 aromatic carbocycles. The van der Waals surface area contributed by atoms with Crippen LogP contribution in [-0.2, 0) is 11.3 Å². The van der Waals surface area contributed by atoms with Crippen LogP contribution in [0.5, 0.6) is 5.75 Å². The fourth-order valence-corrected chi connectivity index (χ4v) is 2.92. The number of rotatable bonds is 4. The molecule has 0 bridgehead atoms. The zero-order valence-corrected chi connectivity index (χ0v) is 14.5. The molecule has 6 nitrogen and oxygen atoms in total. The highest BCUT2D eigenvalue weighted by Gasteiger charge is 2.26. The number of fused-ring (bicyclic) bond motifs is 1. The summed E-state index contributed by atoms with van der Waals surface area (Å²) < 4.78 is 5.58. The summed E-state index contributed by atoms with van der Waals surface area (Å²) in [7, 11) is 0. The van der Waals surface area contributed by atoms with E-state index in [0.717, 1.165) is 5.56 Å². The third-order valence-corrected chi connectivity index (χ3v) is 4.27. The molecule has 0 radical (unpaired) electrons. The molecule has 1 N–H and O–H groups in total. The lowest BCUT2D eigenvalue weighted by molar-refractivity contribution is -0.121. The SMILES string of the molecule is O=C(Nc1ccc2c(c1)OCC(=O)N2Cc1ccccc1)c1cccnc1. The first kappa shape index (κ1) is 16.8. The number of carbonyl (C=O) groups excluding carboxylic acids is 2. The molecule has 0 fully saturated rings. The molecule has 4 rings (SSSR count). The Balaban J connectivity index is 1.56. The number of benzene rings is 2. The van der Waals surface area contributed by atoms with Crippen molar-refractivity contribution in [2.75, 3.05) is 16.8 Å². The molecule has 0 saturated carbocycles. The van der Waals surface area contributed by atoms with E-state index >= 15 is 0 Å². The van der Waals surface area contributed by atoms with Crippen LogP contribution in [0.2, 0.25) is 0 Å². The zero-order chi connectivity index (χ0) is 18.6. The van der Waals surface area contributed by atoms with Gasteiger partial charge in [0.2, 0.25) is 0 Å². The maximum absolute atomic E-state index is 12.3. The van der Waals surface area contributed by atoms with Gasteiger partial charge in [-0.25, -0.2) is 0 Å². The summed E-state index contributed by atoms with van der Waals surface area (Å²) in [5, 5.41) is 2.82. The molecule has 1 aliphatic heterocycles. The van der Waals surface area contributed by atoms with Gasteiger partial charge in [-0.05, 0) is 29.8 Å². The van der Waals surface area contributed by atoms with E-state index in [0.29, 0.717) is 29.2 Å². The first-order chi connectivity index (χ1) is 13.2. The average Bonchev–Trinajstić information content (AvgIpc) is 2.71. The van der Waals surface area contributed by atoms with Gasteiger partial charge in [-0.1, -0.05) is 30.3 Å². The minimum atomic E-state index is -0.254. The summed E-state index contributed by atoms with van der Waals surface area (Å²) in [5.41, 5.74) is 2.79. The fraction of sp³-hybridized carbons (Fsp3) is 0.0952. The second-order valence-electron chi connectivity index (χ2n) is 6.13. The van der Waals surface area contributed by atoms with Crippen LogP contribution in [0.4, 0.5) is 11.4 Å². The van der Waals surface area contributed by atoms with Crippen LogP contribution in [0.25, 0.3) is 0 Å². The number of amides is 2. The van der Waals surface area contributed by atoms with Crippen molar-refractivity contribution in [1.29, 1.82) is 0 Å². The second kappa shape index (κ2) is 7.29. The van der Waals surface area contributed by atoms with E-state index < -0.39 is 0 Å². The van der Waals surface area contributed by atoms with E-state index in [1.807, 2.05) is 30.3 Å². The Morgan fingerprint density at radius 1 is 1.11 bits per heavy atom. The maximum Gasteiger partial charge on any atom is 0.265 e. The van der Waals surface area contributed by atoms with E-state index in [-0.39, 0.29) is 18.4 Å². The summed E-state index contributed by atoms with van der Waals surface area (Å²) in [6.45, 7) is 0.442. The Bertz CT molecular complexity index is 974. The standard InChI is InChI=1S/C21H17N3O3/c25-20-14-27-19-11-17(23-21(26)16-7-4-10-22-12-16)8-9-18(19)24(20)13-15-5-2-1-3-6-15/h1-12H,13-14H2,(H,23,26). The van der Waals surface area contributed by atoms with Gasteiger partial charge < -0.3 is 15.0 Å². The van der Waals surface area contributed by atoms with Gasteiger partial charge in [-0.15, -0.1) is 0 Å². The monoisotopic (exact) mass is 359 g/mol. The highest BCUT2D eigenvalue weighted by Crippen LogP contribution is 2.35. The lowest BCUT2D eigenvalue weighted by atomic mass is 10.1. The lowest BCUT2D eigenvalue weighted by Gasteiger charge is -2.29. The van der Waals surface area contributed by atoms with Crippen LogP contribution in [0, 0.1) is 0 Å². The van der Waals surface area contributed by atoms with Gasteiger partial charge in [0.15, 0.2) is 6.61 Å². The number of hydrogen-bond acceptors (Lipinski definition) is 4. The number of pyridine rings is 1. The first-order valence-electron chi connectivity index (χ1n) is 8.53. The van der Waals surface area contributed by atoms with Crippen molar-refractivity contribution in [3.8, 4) is 5.75 Å². The molecule has 1 aromatic heterocycles. The van der Waals surface area contributed by atoms with Crippen LogP contribution >= 0.6 is 0 Å². The summed E-state index contributed by atoms with van der Waals surface area (Å²) in [4.78, 5) is 30.3. The molecular weight excluding hydrogens is 342 g/mol. The predicted octanol–water partition coefficient (Wildman–Crippen LogP) is 3.26. The van der Waals surface area contributed by atoms with Gasteiger partial charge in [0.25, 0.3) is 11.8 Å². The topological polar surface area (TPSA) is 71.5 Å². The maximum atomic E-state index is 12.3. The Kier molecular flexibility index (Phi) is 4.53. The summed E-state index contributed by atoms with van der Waals surface area (Å²) in [6, 6.07) is 18.5. The third kappa shape index (κ3) is 3.64. The number of nitrogens with one attached hydrogen (secondary N) is 1. The van der Waals surface area contributed by atoms with Gasteiger partial charge in [0.05, 0.1) is 17.8 Å². The van der Waals surface area contributed by atoms with E-state index in [2.05, 4.69) is 10.3 Å². The van der Waals surface area contributed by atoms with Crippen LogP contribution < -0.4 is 15.0 Å². The molecule has 0 spiro atoms. The van der Waals surface area contributed by atoms with Crippen molar-refractivity contribution in [3.63, 3.8) is 0 Å². The molecule has 2 heterocycles. The molecule has 3 aromatic rings. The number of hydrogen-bond donors (Lipinski definition) is 1. The van der Waals surface area contributed by atoms with Crippen molar-refractivity contribution >= 4 is 23.2 Å². The van der Waals surface area contributed by atoms with Crippen molar-refractivity contribution in [2.45, 2.75) is 6.54 Å². The van der Waals surface area contributed by atoms with Gasteiger partial charge in [0, 0.05) is 24.1 Å². The summed E-state index contributed by atoms with van der Waals surface area (Å²) in [5.74, 6) is 0.212. The molecule has 0 unspecified atom stereocenters. The third-order valence-electron chi connectivity index (χ3n) is 4.27. The lowest BCUT2D eigenvalue weighted by Crippen LogP contribution is -2.38. The Hall–Kier alpha value is -3.67. The molecule has 2 amide bonds. The summed E-state index contributed by atoms with van der Waals surface area (Å²) in [6.07, 6.45) is 3.12. The molecule has 0 aliphatic carbocycles. The molecule has 6 heteroatoms. The normalized spacial score (nSPS) is 12.9. The van der Waals surface area contributed by atoms with Gasteiger partial charge in [-0.3, -0.25) is 14.6 Å². The first-order valence-corrected chi connectivity index (χ1v) is 8.53. The minimum Gasteiger partial charge on any atom is -0.481 e. The van der Waals surface area contributed by atoms with Gasteiger partial charge >= 0.3 is 0 Å². The predicted molar refractivity (Wildman–Crippen MR) is 102 cm³/mol. The van der Waals surface area contributed by atoms with Crippen LogP contribution in [0.15, 0.2) is 73.1 Å². The number of aromatic nitrogens is 1. The largest absolute Gasteiger partial charge is 0.481 e. The van der Waals surface area contributed by atoms with Crippen molar-refractivity contribution in [3.05, 3.63) is 84.2 Å². The van der Waals surface area contributed by atoms with Crippen LogP contribution in [0.3, 0.4) is 0 Å². The molecule has 1 aliphatic rings. The Morgan fingerprint density at radius 2 is 1.96 bits per heavy atom. The Morgan fingerprint density at radius 3 is 2.74 bits per heavy atom. The van der Waals surface area contributed by atoms with Gasteiger partial charge in [-0.2, -0.15) is 0 Å². The van der Waals surface area contributed by atoms with E-state index in [9.17, 15) is 9.59 Å². The molecule has 134 valence electrons. The highest BCUT2D eigenvalue weighted by molar-refractivity contribution is 6.04.